The molecular weight excluding hydrogens is 216 g/mol. The first kappa shape index (κ1) is 11.5. The Morgan fingerprint density at radius 2 is 1.50 bits per heavy atom. The first-order chi connectivity index (χ1) is 8.53. The zero-order chi connectivity index (χ0) is 12.9. The molecule has 0 fully saturated rings. The molecule has 2 aromatic carbocycles. The summed E-state index contributed by atoms with van der Waals surface area (Å²) in [7, 11) is 0. The van der Waals surface area contributed by atoms with Crippen LogP contribution in [0.1, 0.15) is 50.3 Å². The predicted molar refractivity (Wildman–Crippen MR) is 78.1 cm³/mol. The Bertz CT molecular complexity index is 603. The van der Waals surface area contributed by atoms with E-state index in [2.05, 4.69) is 70.2 Å². The van der Waals surface area contributed by atoms with Crippen molar-refractivity contribution in [2.45, 2.75) is 39.0 Å². The molecule has 2 aromatic rings. The highest BCUT2D eigenvalue weighted by molar-refractivity contribution is 5.83. The summed E-state index contributed by atoms with van der Waals surface area (Å²) in [5, 5.41) is 0. The molecule has 0 aromatic heterocycles. The maximum Gasteiger partial charge on any atom is 0.0158 e. The molecule has 0 nitrogen and oxygen atoms in total. The van der Waals surface area contributed by atoms with Gasteiger partial charge in [0.25, 0.3) is 0 Å². The van der Waals surface area contributed by atoms with Gasteiger partial charge in [0.05, 0.1) is 0 Å². The van der Waals surface area contributed by atoms with Gasteiger partial charge in [-0.05, 0) is 33.7 Å². The van der Waals surface area contributed by atoms with Gasteiger partial charge in [-0.2, -0.15) is 0 Å². The lowest BCUT2D eigenvalue weighted by molar-refractivity contribution is 0.659. The lowest BCUT2D eigenvalue weighted by atomic mass is 9.82. The minimum atomic E-state index is 0.136. The Labute approximate surface area is 110 Å². The van der Waals surface area contributed by atoms with Crippen LogP contribution in [0.3, 0.4) is 0 Å². The molecule has 0 bridgehead atoms. The molecule has 0 saturated heterocycles. The van der Waals surface area contributed by atoms with Gasteiger partial charge >= 0.3 is 0 Å². The molecule has 0 amide bonds. The zero-order valence-corrected chi connectivity index (χ0v) is 11.6. The van der Waals surface area contributed by atoms with Gasteiger partial charge in [0.1, 0.15) is 0 Å². The van der Waals surface area contributed by atoms with Crippen LogP contribution in [-0.4, -0.2) is 0 Å². The van der Waals surface area contributed by atoms with E-state index in [4.69, 9.17) is 0 Å². The van der Waals surface area contributed by atoms with Crippen molar-refractivity contribution in [3.63, 3.8) is 0 Å². The molecule has 1 aliphatic rings. The molecule has 0 heteroatoms. The van der Waals surface area contributed by atoms with E-state index in [0.29, 0.717) is 5.92 Å². The maximum absolute atomic E-state index is 2.34. The van der Waals surface area contributed by atoms with E-state index in [1.165, 1.54) is 27.8 Å². The van der Waals surface area contributed by atoms with Crippen LogP contribution in [0.4, 0.5) is 0 Å². The van der Waals surface area contributed by atoms with E-state index >= 15 is 0 Å². The monoisotopic (exact) mass is 236 g/mol. The average Bonchev–Trinajstić information content (AvgIpc) is 2.59. The van der Waals surface area contributed by atoms with Crippen molar-refractivity contribution in [3.8, 4) is 11.1 Å². The van der Waals surface area contributed by atoms with Crippen molar-refractivity contribution in [1.82, 2.24) is 0 Å². The van der Waals surface area contributed by atoms with Crippen molar-refractivity contribution in [3.05, 3.63) is 59.2 Å². The Morgan fingerprint density at radius 1 is 0.833 bits per heavy atom. The van der Waals surface area contributed by atoms with E-state index in [0.717, 1.165) is 0 Å². The Morgan fingerprint density at radius 3 is 2.22 bits per heavy atom. The second-order valence-corrected chi connectivity index (χ2v) is 6.10. The van der Waals surface area contributed by atoms with Crippen molar-refractivity contribution >= 4 is 0 Å². The lowest BCUT2D eigenvalue weighted by Gasteiger charge is -2.21. The van der Waals surface area contributed by atoms with Crippen molar-refractivity contribution in [1.29, 1.82) is 0 Å². The third-order valence-electron chi connectivity index (χ3n) is 4.26. The van der Waals surface area contributed by atoms with Crippen LogP contribution in [0.2, 0.25) is 0 Å². The van der Waals surface area contributed by atoms with Crippen LogP contribution in [0, 0.1) is 0 Å². The highest BCUT2D eigenvalue weighted by Gasteiger charge is 2.36. The summed E-state index contributed by atoms with van der Waals surface area (Å²) in [6.45, 7) is 9.23. The zero-order valence-electron chi connectivity index (χ0n) is 11.6. The largest absolute Gasteiger partial charge is 0.0619 e. The summed E-state index contributed by atoms with van der Waals surface area (Å²) < 4.78 is 0. The second kappa shape index (κ2) is 3.71. The van der Waals surface area contributed by atoms with Crippen LogP contribution >= 0.6 is 0 Å². The normalized spacial score (nSPS) is 15.6. The van der Waals surface area contributed by atoms with Gasteiger partial charge in [0.15, 0.2) is 0 Å². The Kier molecular flexibility index (Phi) is 2.38. The summed E-state index contributed by atoms with van der Waals surface area (Å²) in [6.07, 6.45) is 0. The summed E-state index contributed by atoms with van der Waals surface area (Å²) in [5.74, 6) is 0.571. The van der Waals surface area contributed by atoms with Crippen molar-refractivity contribution in [2.75, 3.05) is 0 Å². The van der Waals surface area contributed by atoms with Gasteiger partial charge in [-0.1, -0.05) is 70.2 Å². The molecule has 0 unspecified atom stereocenters. The first-order valence-corrected chi connectivity index (χ1v) is 6.76. The molecule has 3 rings (SSSR count). The fourth-order valence-electron chi connectivity index (χ4n) is 3.26. The van der Waals surface area contributed by atoms with Crippen LogP contribution in [0.15, 0.2) is 42.5 Å². The van der Waals surface area contributed by atoms with Gasteiger partial charge < -0.3 is 0 Å². The number of benzene rings is 2. The Hall–Kier alpha value is -1.56. The van der Waals surface area contributed by atoms with Crippen LogP contribution in [0.5, 0.6) is 0 Å². The standard InChI is InChI=1S/C18H20/c1-12(2)13-9-7-11-16-17(13)14-8-5-6-10-15(14)18(16,3)4/h5-12H,1-4H3. The SMILES string of the molecule is CC(C)c1cccc2c1-c1ccccc1C2(C)C. The summed E-state index contributed by atoms with van der Waals surface area (Å²) in [6, 6.07) is 15.6. The van der Waals surface area contributed by atoms with Gasteiger partial charge in [0, 0.05) is 5.41 Å². The van der Waals surface area contributed by atoms with Gasteiger partial charge in [0.2, 0.25) is 0 Å². The quantitative estimate of drug-likeness (QED) is 0.645. The van der Waals surface area contributed by atoms with Crippen LogP contribution in [-0.2, 0) is 5.41 Å². The third kappa shape index (κ3) is 1.38. The smallest absolute Gasteiger partial charge is 0.0158 e. The molecule has 0 radical (unpaired) electrons. The lowest BCUT2D eigenvalue weighted by Crippen LogP contribution is -2.14. The third-order valence-corrected chi connectivity index (χ3v) is 4.26. The molecule has 0 aliphatic heterocycles. The molecule has 1 aliphatic carbocycles. The second-order valence-electron chi connectivity index (χ2n) is 6.10. The fourth-order valence-corrected chi connectivity index (χ4v) is 3.26. The van der Waals surface area contributed by atoms with Gasteiger partial charge in [-0.3, -0.25) is 0 Å². The number of hydrogen-bond donors (Lipinski definition) is 0. The fraction of sp³-hybridized carbons (Fsp3) is 0.333. The number of rotatable bonds is 1. The Balaban J connectivity index is 2.40. The minimum Gasteiger partial charge on any atom is -0.0619 e. The molecule has 0 N–H and O–H groups in total. The number of fused-ring (bicyclic) bond motifs is 3. The molecular formula is C18H20. The molecule has 0 atom stereocenters. The number of hydrogen-bond acceptors (Lipinski definition) is 0. The van der Waals surface area contributed by atoms with E-state index in [1.807, 2.05) is 0 Å². The molecule has 92 valence electrons. The predicted octanol–water partition coefficient (Wildman–Crippen LogP) is 5.12. The maximum atomic E-state index is 2.34. The van der Waals surface area contributed by atoms with E-state index in [9.17, 15) is 0 Å². The summed E-state index contributed by atoms with van der Waals surface area (Å²) in [5.41, 5.74) is 7.47. The van der Waals surface area contributed by atoms with Crippen molar-refractivity contribution < 1.29 is 0 Å². The molecule has 18 heavy (non-hydrogen) atoms. The van der Waals surface area contributed by atoms with Crippen LogP contribution in [0.25, 0.3) is 11.1 Å². The van der Waals surface area contributed by atoms with Crippen molar-refractivity contribution in [2.24, 2.45) is 0 Å². The summed E-state index contributed by atoms with van der Waals surface area (Å²) >= 11 is 0. The van der Waals surface area contributed by atoms with Crippen LogP contribution < -0.4 is 0 Å². The van der Waals surface area contributed by atoms with Gasteiger partial charge in [-0.25, -0.2) is 0 Å². The van der Waals surface area contributed by atoms with E-state index < -0.39 is 0 Å². The first-order valence-electron chi connectivity index (χ1n) is 6.76. The highest BCUT2D eigenvalue weighted by Crippen LogP contribution is 2.50. The van der Waals surface area contributed by atoms with Gasteiger partial charge in [-0.15, -0.1) is 0 Å². The molecule has 0 spiro atoms. The summed E-state index contributed by atoms with van der Waals surface area (Å²) in [4.78, 5) is 0. The van der Waals surface area contributed by atoms with E-state index in [1.54, 1.807) is 0 Å². The molecule has 0 saturated carbocycles. The topological polar surface area (TPSA) is 0 Å². The molecule has 0 heterocycles. The highest BCUT2D eigenvalue weighted by atomic mass is 14.4. The van der Waals surface area contributed by atoms with E-state index in [-0.39, 0.29) is 5.41 Å². The minimum absolute atomic E-state index is 0.136. The average molecular weight is 236 g/mol.